The van der Waals surface area contributed by atoms with E-state index in [1.54, 1.807) is 16.9 Å². The van der Waals surface area contributed by atoms with Gasteiger partial charge in [-0.1, -0.05) is 26.0 Å². The molecule has 1 aromatic heterocycles. The van der Waals surface area contributed by atoms with Gasteiger partial charge in [-0.3, -0.25) is 4.68 Å². The summed E-state index contributed by atoms with van der Waals surface area (Å²) >= 11 is 0. The Bertz CT molecular complexity index is 541. The molecule has 0 amide bonds. The predicted molar refractivity (Wildman–Crippen MR) is 67.4 cm³/mol. The van der Waals surface area contributed by atoms with E-state index in [2.05, 4.69) is 18.9 Å². The van der Waals surface area contributed by atoms with E-state index in [9.17, 15) is 4.39 Å². The van der Waals surface area contributed by atoms with E-state index in [4.69, 9.17) is 0 Å². The zero-order valence-corrected chi connectivity index (χ0v) is 10.7. The van der Waals surface area contributed by atoms with Crippen LogP contribution < -0.4 is 0 Å². The van der Waals surface area contributed by atoms with Gasteiger partial charge in [0.15, 0.2) is 0 Å². The fourth-order valence-corrected chi connectivity index (χ4v) is 1.87. The van der Waals surface area contributed by atoms with Gasteiger partial charge >= 0.3 is 0 Å². The van der Waals surface area contributed by atoms with E-state index in [-0.39, 0.29) is 5.82 Å². The van der Waals surface area contributed by atoms with Crippen molar-refractivity contribution in [2.75, 3.05) is 0 Å². The molecule has 17 heavy (non-hydrogen) atoms. The third kappa shape index (κ3) is 2.09. The van der Waals surface area contributed by atoms with Gasteiger partial charge in [0.25, 0.3) is 0 Å². The second-order valence-corrected chi connectivity index (χ2v) is 4.66. The highest BCUT2D eigenvalue weighted by Crippen LogP contribution is 2.28. The van der Waals surface area contributed by atoms with Crippen LogP contribution in [0, 0.1) is 12.7 Å². The lowest BCUT2D eigenvalue weighted by molar-refractivity contribution is 0.626. The number of rotatable bonds is 2. The van der Waals surface area contributed by atoms with Crippen LogP contribution in [0.4, 0.5) is 4.39 Å². The molecule has 0 atom stereocenters. The number of aryl methyl sites for hydroxylation is 1. The molecule has 0 bridgehead atoms. The molecule has 0 aliphatic carbocycles. The van der Waals surface area contributed by atoms with Crippen molar-refractivity contribution in [1.82, 2.24) is 9.78 Å². The summed E-state index contributed by atoms with van der Waals surface area (Å²) in [5.74, 6) is 0.167. The predicted octanol–water partition coefficient (Wildman–Crippen LogP) is 3.66. The van der Waals surface area contributed by atoms with Gasteiger partial charge in [0.2, 0.25) is 0 Å². The standard InChI is InChI=1S/C14H17FN2/c1-9(2)11-5-6-12(14(15)7-11)13-8-16-17(4)10(13)3/h5-9H,1-4H3. The van der Waals surface area contributed by atoms with Crippen molar-refractivity contribution in [2.24, 2.45) is 7.05 Å². The van der Waals surface area contributed by atoms with Gasteiger partial charge in [-0.15, -0.1) is 0 Å². The van der Waals surface area contributed by atoms with Crippen molar-refractivity contribution >= 4 is 0 Å². The first-order chi connectivity index (χ1) is 8.00. The van der Waals surface area contributed by atoms with E-state index < -0.39 is 0 Å². The SMILES string of the molecule is Cc1c(-c2ccc(C(C)C)cc2F)cnn1C. The van der Waals surface area contributed by atoms with Crippen molar-refractivity contribution in [2.45, 2.75) is 26.7 Å². The summed E-state index contributed by atoms with van der Waals surface area (Å²) in [6.07, 6.45) is 1.71. The molecule has 0 N–H and O–H groups in total. The molecule has 0 saturated carbocycles. The lowest BCUT2D eigenvalue weighted by atomic mass is 9.98. The van der Waals surface area contributed by atoms with Gasteiger partial charge in [-0.05, 0) is 24.5 Å². The Hall–Kier alpha value is -1.64. The summed E-state index contributed by atoms with van der Waals surface area (Å²) < 4.78 is 15.8. The van der Waals surface area contributed by atoms with Crippen molar-refractivity contribution in [3.05, 3.63) is 41.5 Å². The summed E-state index contributed by atoms with van der Waals surface area (Å²) in [5.41, 5.74) is 3.48. The Kier molecular flexibility index (Phi) is 3.01. The summed E-state index contributed by atoms with van der Waals surface area (Å²) in [6, 6.07) is 5.44. The highest BCUT2D eigenvalue weighted by atomic mass is 19.1. The molecule has 90 valence electrons. The normalized spacial score (nSPS) is 11.2. The average Bonchev–Trinajstić information content (AvgIpc) is 2.60. The molecule has 0 aliphatic rings. The Labute approximate surface area is 101 Å². The smallest absolute Gasteiger partial charge is 0.131 e. The molecule has 2 aromatic rings. The Morgan fingerprint density at radius 1 is 1.24 bits per heavy atom. The van der Waals surface area contributed by atoms with E-state index in [0.717, 1.165) is 16.8 Å². The van der Waals surface area contributed by atoms with Crippen LogP contribution in [0.25, 0.3) is 11.1 Å². The molecular formula is C14H17FN2. The van der Waals surface area contributed by atoms with Gasteiger partial charge in [-0.25, -0.2) is 4.39 Å². The maximum atomic E-state index is 14.0. The van der Waals surface area contributed by atoms with E-state index >= 15 is 0 Å². The number of aromatic nitrogens is 2. The molecule has 2 rings (SSSR count). The van der Waals surface area contributed by atoms with Crippen LogP contribution >= 0.6 is 0 Å². The molecule has 1 heterocycles. The van der Waals surface area contributed by atoms with Gasteiger partial charge in [0, 0.05) is 23.9 Å². The molecule has 0 spiro atoms. The minimum absolute atomic E-state index is 0.174. The van der Waals surface area contributed by atoms with Crippen molar-refractivity contribution in [1.29, 1.82) is 0 Å². The summed E-state index contributed by atoms with van der Waals surface area (Å²) in [6.45, 7) is 6.06. The van der Waals surface area contributed by atoms with Crippen molar-refractivity contribution in [3.63, 3.8) is 0 Å². The van der Waals surface area contributed by atoms with Crippen LogP contribution in [-0.4, -0.2) is 9.78 Å². The van der Waals surface area contributed by atoms with Crippen LogP contribution in [-0.2, 0) is 7.05 Å². The minimum Gasteiger partial charge on any atom is -0.272 e. The highest BCUT2D eigenvalue weighted by Gasteiger charge is 2.12. The number of hydrogen-bond donors (Lipinski definition) is 0. The third-order valence-corrected chi connectivity index (χ3v) is 3.19. The highest BCUT2D eigenvalue weighted by molar-refractivity contribution is 5.66. The monoisotopic (exact) mass is 232 g/mol. The first-order valence-electron chi connectivity index (χ1n) is 5.79. The van der Waals surface area contributed by atoms with Crippen LogP contribution in [0.2, 0.25) is 0 Å². The molecule has 0 saturated heterocycles. The lowest BCUT2D eigenvalue weighted by Crippen LogP contribution is -1.94. The molecule has 0 fully saturated rings. The quantitative estimate of drug-likeness (QED) is 0.772. The van der Waals surface area contributed by atoms with E-state index in [0.29, 0.717) is 11.5 Å². The second kappa shape index (κ2) is 4.32. The molecule has 0 radical (unpaired) electrons. The van der Waals surface area contributed by atoms with Gasteiger partial charge in [0.05, 0.1) is 6.20 Å². The Balaban J connectivity index is 2.50. The average molecular weight is 232 g/mol. The Morgan fingerprint density at radius 2 is 1.94 bits per heavy atom. The van der Waals surface area contributed by atoms with Crippen molar-refractivity contribution in [3.8, 4) is 11.1 Å². The molecular weight excluding hydrogens is 215 g/mol. The molecule has 1 aromatic carbocycles. The van der Waals surface area contributed by atoms with Crippen LogP contribution in [0.15, 0.2) is 24.4 Å². The van der Waals surface area contributed by atoms with E-state index in [1.165, 1.54) is 0 Å². The lowest BCUT2D eigenvalue weighted by Gasteiger charge is -2.08. The number of hydrogen-bond acceptors (Lipinski definition) is 1. The molecule has 0 aliphatic heterocycles. The Morgan fingerprint density at radius 3 is 2.41 bits per heavy atom. The minimum atomic E-state index is -0.174. The van der Waals surface area contributed by atoms with Gasteiger partial charge in [0.1, 0.15) is 5.82 Å². The maximum Gasteiger partial charge on any atom is 0.131 e. The zero-order valence-electron chi connectivity index (χ0n) is 10.7. The van der Waals surface area contributed by atoms with Crippen LogP contribution in [0.1, 0.15) is 31.0 Å². The number of halogens is 1. The van der Waals surface area contributed by atoms with Gasteiger partial charge < -0.3 is 0 Å². The molecule has 2 nitrogen and oxygen atoms in total. The zero-order chi connectivity index (χ0) is 12.6. The topological polar surface area (TPSA) is 17.8 Å². The van der Waals surface area contributed by atoms with Crippen LogP contribution in [0.3, 0.4) is 0 Å². The summed E-state index contributed by atoms with van der Waals surface area (Å²) in [7, 11) is 1.86. The summed E-state index contributed by atoms with van der Waals surface area (Å²) in [5, 5.41) is 4.14. The second-order valence-electron chi connectivity index (χ2n) is 4.66. The third-order valence-electron chi connectivity index (χ3n) is 3.19. The first kappa shape index (κ1) is 11.8. The molecule has 3 heteroatoms. The van der Waals surface area contributed by atoms with Crippen LogP contribution in [0.5, 0.6) is 0 Å². The fourth-order valence-electron chi connectivity index (χ4n) is 1.87. The number of benzene rings is 1. The number of nitrogens with zero attached hydrogens (tertiary/aromatic N) is 2. The molecule has 0 unspecified atom stereocenters. The van der Waals surface area contributed by atoms with Gasteiger partial charge in [-0.2, -0.15) is 5.10 Å². The largest absolute Gasteiger partial charge is 0.272 e. The van der Waals surface area contributed by atoms with Crippen molar-refractivity contribution < 1.29 is 4.39 Å². The fraction of sp³-hybridized carbons (Fsp3) is 0.357. The van der Waals surface area contributed by atoms with E-state index in [1.807, 2.05) is 26.1 Å². The first-order valence-corrected chi connectivity index (χ1v) is 5.79. The summed E-state index contributed by atoms with van der Waals surface area (Å²) in [4.78, 5) is 0. The maximum absolute atomic E-state index is 14.0.